The summed E-state index contributed by atoms with van der Waals surface area (Å²) in [6, 6.07) is 9.09. The molecule has 1 aromatic carbocycles. The van der Waals surface area contributed by atoms with Gasteiger partial charge in [0.15, 0.2) is 5.76 Å². The molecule has 1 heterocycles. The molecule has 1 amide bonds. The number of benzene rings is 1. The van der Waals surface area contributed by atoms with Crippen molar-refractivity contribution in [3.63, 3.8) is 0 Å². The second-order valence-electron chi connectivity index (χ2n) is 6.27. The standard InChI is InChI=1S/C19H21NO5/c1-3-14-12(18(22)23)10-16(25-14)17(21)20-11-19(8-9-19)13-6-4-5-7-15(13)24-2/h4-7,10H,3,8-9,11H2,1-2H3,(H,20,21)(H,22,23). The fourth-order valence-electron chi connectivity index (χ4n) is 3.10. The third-order valence-corrected chi connectivity index (χ3v) is 4.70. The van der Waals surface area contributed by atoms with Gasteiger partial charge in [0.05, 0.1) is 7.11 Å². The van der Waals surface area contributed by atoms with Crippen LogP contribution in [0.25, 0.3) is 0 Å². The highest BCUT2D eigenvalue weighted by Crippen LogP contribution is 2.50. The number of para-hydroxylation sites is 1. The van der Waals surface area contributed by atoms with Crippen molar-refractivity contribution in [1.82, 2.24) is 5.32 Å². The van der Waals surface area contributed by atoms with Crippen LogP contribution in [0.5, 0.6) is 5.75 Å². The number of rotatable bonds is 7. The third-order valence-electron chi connectivity index (χ3n) is 4.70. The molecule has 1 aliphatic rings. The van der Waals surface area contributed by atoms with E-state index in [-0.39, 0.29) is 16.7 Å². The van der Waals surface area contributed by atoms with Crippen LogP contribution in [0, 0.1) is 0 Å². The summed E-state index contributed by atoms with van der Waals surface area (Å²) in [5, 5.41) is 12.0. The molecule has 1 aliphatic carbocycles. The van der Waals surface area contributed by atoms with Crippen LogP contribution in [0.15, 0.2) is 34.7 Å². The van der Waals surface area contributed by atoms with E-state index < -0.39 is 11.9 Å². The van der Waals surface area contributed by atoms with Gasteiger partial charge in [-0.25, -0.2) is 4.79 Å². The Hall–Kier alpha value is -2.76. The summed E-state index contributed by atoms with van der Waals surface area (Å²) in [6.07, 6.45) is 2.35. The molecular formula is C19H21NO5. The van der Waals surface area contributed by atoms with E-state index >= 15 is 0 Å². The normalized spacial score (nSPS) is 14.8. The maximum absolute atomic E-state index is 12.4. The number of aromatic carboxylic acids is 1. The van der Waals surface area contributed by atoms with Crippen LogP contribution in [0.3, 0.4) is 0 Å². The fourth-order valence-corrected chi connectivity index (χ4v) is 3.10. The number of ether oxygens (including phenoxy) is 1. The summed E-state index contributed by atoms with van der Waals surface area (Å²) in [5.74, 6) is -0.335. The summed E-state index contributed by atoms with van der Waals surface area (Å²) >= 11 is 0. The highest BCUT2D eigenvalue weighted by atomic mass is 16.5. The summed E-state index contributed by atoms with van der Waals surface area (Å²) in [5.41, 5.74) is 0.995. The highest BCUT2D eigenvalue weighted by molar-refractivity contribution is 5.96. The lowest BCUT2D eigenvalue weighted by Crippen LogP contribution is -2.32. The number of methoxy groups -OCH3 is 1. The number of amides is 1. The smallest absolute Gasteiger partial charge is 0.339 e. The highest BCUT2D eigenvalue weighted by Gasteiger charge is 2.46. The number of nitrogens with one attached hydrogen (secondary N) is 1. The lowest BCUT2D eigenvalue weighted by atomic mass is 9.95. The summed E-state index contributed by atoms with van der Waals surface area (Å²) in [6.45, 7) is 2.24. The Kier molecular flexibility index (Phi) is 4.53. The molecule has 1 fully saturated rings. The minimum atomic E-state index is -1.09. The van der Waals surface area contributed by atoms with Crippen LogP contribution in [0.2, 0.25) is 0 Å². The van der Waals surface area contributed by atoms with Crippen molar-refractivity contribution in [2.45, 2.75) is 31.6 Å². The number of furan rings is 1. The number of aryl methyl sites for hydroxylation is 1. The van der Waals surface area contributed by atoms with Crippen molar-refractivity contribution in [3.05, 3.63) is 53.0 Å². The summed E-state index contributed by atoms with van der Waals surface area (Å²) < 4.78 is 10.8. The van der Waals surface area contributed by atoms with Gasteiger partial charge in [-0.1, -0.05) is 25.1 Å². The number of carbonyl (C=O) groups is 2. The number of carboxylic acid groups (broad SMARTS) is 1. The lowest BCUT2D eigenvalue weighted by Gasteiger charge is -2.19. The van der Waals surface area contributed by atoms with E-state index in [1.54, 1.807) is 14.0 Å². The van der Waals surface area contributed by atoms with Gasteiger partial charge in [-0.3, -0.25) is 4.79 Å². The van der Waals surface area contributed by atoms with Gasteiger partial charge in [0, 0.05) is 30.0 Å². The SMILES string of the molecule is CCc1oc(C(=O)NCC2(c3ccccc3OC)CC2)cc1C(=O)O. The zero-order chi connectivity index (χ0) is 18.0. The molecule has 2 aromatic rings. The Labute approximate surface area is 145 Å². The molecule has 0 unspecified atom stereocenters. The van der Waals surface area contributed by atoms with Crippen molar-refractivity contribution >= 4 is 11.9 Å². The second kappa shape index (κ2) is 6.63. The number of carbonyl (C=O) groups excluding carboxylic acids is 1. The maximum Gasteiger partial charge on any atom is 0.339 e. The Morgan fingerprint density at radius 1 is 1.32 bits per heavy atom. The van der Waals surface area contributed by atoms with Gasteiger partial charge >= 0.3 is 5.97 Å². The van der Waals surface area contributed by atoms with Gasteiger partial charge in [-0.2, -0.15) is 0 Å². The van der Waals surface area contributed by atoms with Gasteiger partial charge in [0.2, 0.25) is 0 Å². The predicted octanol–water partition coefficient (Wildman–Crippen LogP) is 3.01. The minimum Gasteiger partial charge on any atom is -0.496 e. The van der Waals surface area contributed by atoms with Crippen molar-refractivity contribution in [1.29, 1.82) is 0 Å². The molecule has 25 heavy (non-hydrogen) atoms. The molecule has 0 radical (unpaired) electrons. The van der Waals surface area contributed by atoms with Gasteiger partial charge in [-0.15, -0.1) is 0 Å². The second-order valence-corrected chi connectivity index (χ2v) is 6.27. The first kappa shape index (κ1) is 17.1. The molecule has 0 atom stereocenters. The third kappa shape index (κ3) is 3.24. The molecule has 132 valence electrons. The van der Waals surface area contributed by atoms with Crippen LogP contribution in [0.4, 0.5) is 0 Å². The van der Waals surface area contributed by atoms with E-state index in [1.165, 1.54) is 6.07 Å². The van der Waals surface area contributed by atoms with Gasteiger partial charge in [0.1, 0.15) is 17.1 Å². The van der Waals surface area contributed by atoms with Crippen molar-refractivity contribution < 1.29 is 23.8 Å². The van der Waals surface area contributed by atoms with E-state index in [4.69, 9.17) is 14.3 Å². The molecule has 0 saturated heterocycles. The van der Waals surface area contributed by atoms with Gasteiger partial charge in [0.25, 0.3) is 5.91 Å². The molecule has 3 rings (SSSR count). The van der Waals surface area contributed by atoms with Crippen LogP contribution in [-0.4, -0.2) is 30.6 Å². The Morgan fingerprint density at radius 2 is 2.04 bits per heavy atom. The van der Waals surface area contributed by atoms with Gasteiger partial charge in [-0.05, 0) is 18.9 Å². The van der Waals surface area contributed by atoms with Crippen LogP contribution < -0.4 is 10.1 Å². The fraction of sp³-hybridized carbons (Fsp3) is 0.368. The van der Waals surface area contributed by atoms with Gasteiger partial charge < -0.3 is 19.6 Å². The maximum atomic E-state index is 12.4. The molecule has 2 N–H and O–H groups in total. The van der Waals surface area contributed by atoms with Crippen LogP contribution in [0.1, 0.15) is 52.0 Å². The Bertz CT molecular complexity index is 804. The summed E-state index contributed by atoms with van der Waals surface area (Å²) in [4.78, 5) is 23.6. The van der Waals surface area contributed by atoms with Crippen molar-refractivity contribution in [2.24, 2.45) is 0 Å². The predicted molar refractivity (Wildman–Crippen MR) is 91.3 cm³/mol. The van der Waals surface area contributed by atoms with Crippen LogP contribution in [-0.2, 0) is 11.8 Å². The monoisotopic (exact) mass is 343 g/mol. The van der Waals surface area contributed by atoms with Crippen LogP contribution >= 0.6 is 0 Å². The molecular weight excluding hydrogens is 322 g/mol. The minimum absolute atomic E-state index is 0.0325. The molecule has 0 bridgehead atoms. The Balaban J connectivity index is 1.73. The van der Waals surface area contributed by atoms with E-state index in [2.05, 4.69) is 5.32 Å². The average molecular weight is 343 g/mol. The molecule has 1 saturated carbocycles. The molecule has 0 spiro atoms. The zero-order valence-electron chi connectivity index (χ0n) is 14.3. The van der Waals surface area contributed by atoms with E-state index in [9.17, 15) is 9.59 Å². The first-order chi connectivity index (χ1) is 12.0. The zero-order valence-corrected chi connectivity index (χ0v) is 14.3. The molecule has 6 nitrogen and oxygen atoms in total. The summed E-state index contributed by atoms with van der Waals surface area (Å²) in [7, 11) is 1.63. The molecule has 1 aromatic heterocycles. The lowest BCUT2D eigenvalue weighted by molar-refractivity contribution is 0.0694. The molecule has 0 aliphatic heterocycles. The molecule has 6 heteroatoms. The van der Waals surface area contributed by atoms with Crippen molar-refractivity contribution in [2.75, 3.05) is 13.7 Å². The first-order valence-electron chi connectivity index (χ1n) is 8.28. The van der Waals surface area contributed by atoms with Crippen molar-refractivity contribution in [3.8, 4) is 5.75 Å². The number of carboxylic acids is 1. The van der Waals surface area contributed by atoms with E-state index in [0.717, 1.165) is 24.2 Å². The first-order valence-corrected chi connectivity index (χ1v) is 8.28. The average Bonchev–Trinajstić information content (AvgIpc) is 3.28. The largest absolute Gasteiger partial charge is 0.496 e. The van der Waals surface area contributed by atoms with E-state index in [0.29, 0.717) is 18.7 Å². The van der Waals surface area contributed by atoms with E-state index in [1.807, 2.05) is 24.3 Å². The number of hydrogen-bond donors (Lipinski definition) is 2. The quantitative estimate of drug-likeness (QED) is 0.807. The topological polar surface area (TPSA) is 88.8 Å². The number of hydrogen-bond acceptors (Lipinski definition) is 4. The Morgan fingerprint density at radius 3 is 2.60 bits per heavy atom.